The molecule has 0 amide bonds. The van der Waals surface area contributed by atoms with Gasteiger partial charge >= 0.3 is 17.9 Å². The minimum atomic E-state index is -0.832. The number of carbonyl (C=O) groups excluding carboxylic acids is 3. The molecule has 0 aromatic carbocycles. The first kappa shape index (κ1) is 57.3. The minimum absolute atomic E-state index is 0.123. The molecule has 0 saturated carbocycles. The van der Waals surface area contributed by atoms with Crippen LogP contribution in [-0.2, 0) is 28.6 Å². The first-order valence-corrected chi connectivity index (χ1v) is 24.7. The van der Waals surface area contributed by atoms with Crippen LogP contribution in [0.1, 0.15) is 213 Å². The zero-order valence-electron chi connectivity index (χ0n) is 39.4. The molecule has 1 atom stereocenters. The number of allylic oxidation sites excluding steroid dienone is 15. The van der Waals surface area contributed by atoms with Crippen LogP contribution in [0.25, 0.3) is 0 Å². The molecule has 0 radical (unpaired) electrons. The molecular formula is C55H90O6. The van der Waals surface area contributed by atoms with Crippen molar-refractivity contribution >= 4 is 17.9 Å². The van der Waals surface area contributed by atoms with Crippen molar-refractivity contribution in [1.29, 1.82) is 0 Å². The Kier molecular flexibility index (Phi) is 46.0. The van der Waals surface area contributed by atoms with E-state index in [1.165, 1.54) is 70.6 Å². The maximum atomic E-state index is 12.7. The Labute approximate surface area is 375 Å². The van der Waals surface area contributed by atoms with Gasteiger partial charge in [0.2, 0.25) is 0 Å². The molecule has 0 aliphatic carbocycles. The fraction of sp³-hybridized carbons (Fsp3) is 0.655. The molecule has 0 aromatic rings. The zero-order valence-corrected chi connectivity index (χ0v) is 39.4. The predicted octanol–water partition coefficient (Wildman–Crippen LogP) is 16.2. The Hall–Kier alpha value is -3.67. The van der Waals surface area contributed by atoms with E-state index < -0.39 is 12.1 Å². The van der Waals surface area contributed by atoms with Crippen LogP contribution < -0.4 is 0 Å². The van der Waals surface area contributed by atoms with E-state index in [0.717, 1.165) is 96.3 Å². The van der Waals surface area contributed by atoms with E-state index >= 15 is 0 Å². The summed E-state index contributed by atoms with van der Waals surface area (Å²) >= 11 is 0. The van der Waals surface area contributed by atoms with Gasteiger partial charge in [-0.2, -0.15) is 0 Å². The lowest BCUT2D eigenvalue weighted by atomic mass is 10.1. The number of hydrogen-bond donors (Lipinski definition) is 0. The van der Waals surface area contributed by atoms with Crippen molar-refractivity contribution in [2.24, 2.45) is 0 Å². The Morgan fingerprint density at radius 2 is 0.705 bits per heavy atom. The van der Waals surface area contributed by atoms with Gasteiger partial charge in [-0.1, -0.05) is 195 Å². The van der Waals surface area contributed by atoms with E-state index in [-0.39, 0.29) is 38.0 Å². The van der Waals surface area contributed by atoms with Crippen molar-refractivity contribution in [3.8, 4) is 0 Å². The van der Waals surface area contributed by atoms with Gasteiger partial charge in [-0.25, -0.2) is 0 Å². The number of hydrogen-bond acceptors (Lipinski definition) is 6. The van der Waals surface area contributed by atoms with Crippen LogP contribution in [0, 0.1) is 0 Å². The van der Waals surface area contributed by atoms with Gasteiger partial charge in [0.25, 0.3) is 0 Å². The summed E-state index contributed by atoms with van der Waals surface area (Å²) in [6.07, 6.45) is 64.3. The third-order valence-electron chi connectivity index (χ3n) is 10.1. The maximum absolute atomic E-state index is 12.7. The van der Waals surface area contributed by atoms with Gasteiger partial charge in [0, 0.05) is 12.8 Å². The third-order valence-corrected chi connectivity index (χ3v) is 10.1. The summed E-state index contributed by atoms with van der Waals surface area (Å²) in [5.74, 6) is -1.10. The van der Waals surface area contributed by atoms with E-state index in [0.29, 0.717) is 12.8 Å². The number of rotatable bonds is 43. The van der Waals surface area contributed by atoms with E-state index in [2.05, 4.69) is 106 Å². The SMILES string of the molecule is CC/C=C\C/C=C\C/C=C\C/C=C\CCCCCC(=O)OC(COC(=O)C/C=C\C/C=C\C/C=C\CC)COC(=O)CCCCCCC/C=C\CCCCCCCCCCC. The average Bonchev–Trinajstić information content (AvgIpc) is 3.26. The van der Waals surface area contributed by atoms with Crippen molar-refractivity contribution in [2.45, 2.75) is 219 Å². The molecule has 0 fully saturated rings. The Morgan fingerprint density at radius 1 is 0.361 bits per heavy atom. The van der Waals surface area contributed by atoms with Gasteiger partial charge in [0.15, 0.2) is 6.10 Å². The van der Waals surface area contributed by atoms with Crippen molar-refractivity contribution in [1.82, 2.24) is 0 Å². The molecule has 0 aliphatic heterocycles. The first-order chi connectivity index (χ1) is 30.0. The standard InChI is InChI=1S/C55H90O6/c1-4-7-10-13-16-19-21-23-25-27-28-30-31-33-36-39-42-45-48-54(57)60-51-52(50-59-53(56)47-44-41-38-35-18-15-12-9-6-3)61-55(58)49-46-43-40-37-34-32-29-26-24-22-20-17-14-11-8-5-2/h8-9,11-12,17-18,20,24,26,28,30,32,34-35,41,44,52H,4-7,10,13-16,19,21-23,25,27,29,31,33,36-40,42-43,45-51H2,1-3H3/b11-8-,12-9-,20-17-,26-24-,30-28-,34-32-,35-18-,44-41-. The largest absolute Gasteiger partial charge is 0.462 e. The van der Waals surface area contributed by atoms with Gasteiger partial charge in [-0.15, -0.1) is 0 Å². The van der Waals surface area contributed by atoms with Crippen LogP contribution in [-0.4, -0.2) is 37.2 Å². The molecule has 0 rings (SSSR count). The quantitative estimate of drug-likeness (QED) is 0.0263. The van der Waals surface area contributed by atoms with Crippen molar-refractivity contribution in [2.75, 3.05) is 13.2 Å². The van der Waals surface area contributed by atoms with Crippen molar-refractivity contribution in [3.63, 3.8) is 0 Å². The Morgan fingerprint density at radius 3 is 1.18 bits per heavy atom. The van der Waals surface area contributed by atoms with E-state index in [4.69, 9.17) is 14.2 Å². The molecule has 1 unspecified atom stereocenters. The van der Waals surface area contributed by atoms with Crippen LogP contribution in [0.5, 0.6) is 0 Å². The highest BCUT2D eigenvalue weighted by Crippen LogP contribution is 2.13. The second-order valence-corrected chi connectivity index (χ2v) is 16.0. The highest BCUT2D eigenvalue weighted by molar-refractivity contribution is 5.72. The summed E-state index contributed by atoms with van der Waals surface area (Å²) in [4.78, 5) is 37.8. The second-order valence-electron chi connectivity index (χ2n) is 16.0. The molecule has 0 bridgehead atoms. The van der Waals surface area contributed by atoms with Crippen LogP contribution in [0.15, 0.2) is 97.2 Å². The molecule has 61 heavy (non-hydrogen) atoms. The summed E-state index contributed by atoms with van der Waals surface area (Å²) in [5.41, 5.74) is 0. The Balaban J connectivity index is 4.45. The molecule has 0 aromatic heterocycles. The van der Waals surface area contributed by atoms with Crippen molar-refractivity contribution in [3.05, 3.63) is 97.2 Å². The predicted molar refractivity (Wildman–Crippen MR) is 260 cm³/mol. The molecule has 0 spiro atoms. The zero-order chi connectivity index (χ0) is 44.4. The monoisotopic (exact) mass is 847 g/mol. The topological polar surface area (TPSA) is 78.9 Å². The van der Waals surface area contributed by atoms with Gasteiger partial charge in [-0.3, -0.25) is 14.4 Å². The smallest absolute Gasteiger partial charge is 0.309 e. The minimum Gasteiger partial charge on any atom is -0.462 e. The molecule has 346 valence electrons. The van der Waals surface area contributed by atoms with Gasteiger partial charge in [-0.05, 0) is 96.3 Å². The summed E-state index contributed by atoms with van der Waals surface area (Å²) in [7, 11) is 0. The number of esters is 3. The van der Waals surface area contributed by atoms with Crippen LogP contribution in [0.3, 0.4) is 0 Å². The molecule has 6 heteroatoms. The van der Waals surface area contributed by atoms with Gasteiger partial charge in [0.05, 0.1) is 6.42 Å². The maximum Gasteiger partial charge on any atom is 0.309 e. The number of unbranched alkanes of at least 4 members (excludes halogenated alkanes) is 17. The van der Waals surface area contributed by atoms with Crippen LogP contribution >= 0.6 is 0 Å². The molecule has 6 nitrogen and oxygen atoms in total. The molecule has 0 heterocycles. The molecule has 0 saturated heterocycles. The van der Waals surface area contributed by atoms with Gasteiger partial charge in [0.1, 0.15) is 13.2 Å². The lowest BCUT2D eigenvalue weighted by molar-refractivity contribution is -0.166. The normalized spacial score (nSPS) is 12.9. The summed E-state index contributed by atoms with van der Waals surface area (Å²) < 4.78 is 16.6. The van der Waals surface area contributed by atoms with Crippen LogP contribution in [0.2, 0.25) is 0 Å². The molecule has 0 N–H and O–H groups in total. The fourth-order valence-electron chi connectivity index (χ4n) is 6.43. The summed E-state index contributed by atoms with van der Waals surface area (Å²) in [5, 5.41) is 0. The number of ether oxygens (including phenoxy) is 3. The lowest BCUT2D eigenvalue weighted by Gasteiger charge is -2.18. The fourth-order valence-corrected chi connectivity index (χ4v) is 6.43. The number of carbonyl (C=O) groups is 3. The molecular weight excluding hydrogens is 757 g/mol. The first-order valence-electron chi connectivity index (χ1n) is 24.7. The molecule has 0 aliphatic rings. The summed E-state index contributed by atoms with van der Waals surface area (Å²) in [6.45, 7) is 6.26. The van der Waals surface area contributed by atoms with Gasteiger partial charge < -0.3 is 14.2 Å². The average molecular weight is 847 g/mol. The van der Waals surface area contributed by atoms with E-state index in [1.54, 1.807) is 6.08 Å². The highest BCUT2D eigenvalue weighted by atomic mass is 16.6. The van der Waals surface area contributed by atoms with Crippen LogP contribution in [0.4, 0.5) is 0 Å². The highest BCUT2D eigenvalue weighted by Gasteiger charge is 2.19. The van der Waals surface area contributed by atoms with E-state index in [9.17, 15) is 14.4 Å². The lowest BCUT2D eigenvalue weighted by Crippen LogP contribution is -2.30. The van der Waals surface area contributed by atoms with E-state index in [1.807, 2.05) is 6.08 Å². The Bertz CT molecular complexity index is 1250. The van der Waals surface area contributed by atoms with Crippen molar-refractivity contribution < 1.29 is 28.6 Å². The summed E-state index contributed by atoms with van der Waals surface area (Å²) in [6, 6.07) is 0. The third kappa shape index (κ3) is 47.2. The second kappa shape index (κ2) is 49.0.